The Morgan fingerprint density at radius 2 is 1.82 bits per heavy atom. The summed E-state index contributed by atoms with van der Waals surface area (Å²) in [6, 6.07) is 17.1. The van der Waals surface area contributed by atoms with Crippen molar-refractivity contribution in [2.45, 2.75) is 37.1 Å². The van der Waals surface area contributed by atoms with Gasteiger partial charge in [-0.2, -0.15) is 8.78 Å². The number of pyridine rings is 1. The second-order valence-electron chi connectivity index (χ2n) is 9.81. The first-order chi connectivity index (χ1) is 18.3. The van der Waals surface area contributed by atoms with Crippen molar-refractivity contribution in [3.8, 4) is 11.1 Å². The van der Waals surface area contributed by atoms with E-state index in [-0.39, 0.29) is 30.1 Å². The Kier molecular flexibility index (Phi) is 5.87. The van der Waals surface area contributed by atoms with E-state index in [0.717, 1.165) is 40.5 Å². The van der Waals surface area contributed by atoms with Crippen LogP contribution in [-0.2, 0) is 29.1 Å². The molecular formula is C29H23ClF2N4O2. The quantitative estimate of drug-likeness (QED) is 0.381. The summed E-state index contributed by atoms with van der Waals surface area (Å²) in [7, 11) is 0. The summed E-state index contributed by atoms with van der Waals surface area (Å²) < 4.78 is 30.0. The number of alkyl halides is 2. The molecular weight excluding hydrogens is 510 g/mol. The van der Waals surface area contributed by atoms with Crippen LogP contribution in [0.15, 0.2) is 77.9 Å². The number of nitrogens with zero attached hydrogens (tertiary/aromatic N) is 3. The van der Waals surface area contributed by atoms with Crippen molar-refractivity contribution in [3.63, 3.8) is 0 Å². The molecule has 192 valence electrons. The Morgan fingerprint density at radius 3 is 2.55 bits per heavy atom. The Hall–Kier alpha value is -3.91. The third kappa shape index (κ3) is 4.19. The molecule has 6 rings (SSSR count). The van der Waals surface area contributed by atoms with E-state index in [1.807, 2.05) is 36.5 Å². The third-order valence-electron chi connectivity index (χ3n) is 7.41. The molecule has 1 amide bonds. The summed E-state index contributed by atoms with van der Waals surface area (Å²) in [4.78, 5) is 39.1. The second kappa shape index (κ2) is 9.13. The largest absolute Gasteiger partial charge is 0.350 e. The number of hydrogen-bond acceptors (Lipinski definition) is 4. The van der Waals surface area contributed by atoms with Gasteiger partial charge in [-0.3, -0.25) is 14.6 Å². The topological polar surface area (TPSA) is 79.0 Å². The van der Waals surface area contributed by atoms with Gasteiger partial charge in [0.2, 0.25) is 0 Å². The van der Waals surface area contributed by atoms with E-state index in [2.05, 4.69) is 16.0 Å². The highest BCUT2D eigenvalue weighted by atomic mass is 35.5. The fourth-order valence-corrected chi connectivity index (χ4v) is 5.30. The number of halogens is 3. The molecule has 0 unspecified atom stereocenters. The van der Waals surface area contributed by atoms with Crippen LogP contribution in [0.25, 0.3) is 11.1 Å². The van der Waals surface area contributed by atoms with Crippen molar-refractivity contribution in [1.29, 1.82) is 0 Å². The van der Waals surface area contributed by atoms with Crippen LogP contribution in [0.5, 0.6) is 0 Å². The van der Waals surface area contributed by atoms with Gasteiger partial charge >= 0.3 is 5.92 Å². The van der Waals surface area contributed by atoms with Gasteiger partial charge < -0.3 is 9.88 Å². The minimum absolute atomic E-state index is 0.0376. The molecule has 0 spiro atoms. The number of rotatable bonds is 5. The smallest absolute Gasteiger partial charge is 0.332 e. The van der Waals surface area contributed by atoms with Gasteiger partial charge in [0.05, 0.1) is 23.2 Å². The molecule has 9 heteroatoms. The molecule has 2 aliphatic rings. The standard InChI is InChI=1S/C29H23ClF2N4O2/c30-22-8-4-7-20(14-22)29(31,32)27(38)36-12-9-24-23(17-36)25(37)35-26(34-24)28(10-11-28)21-13-19(15-33-16-21)18-5-2-1-3-6-18/h1-8,13-16H,9-12,17H2,(H,34,35,37). The first-order valence-corrected chi connectivity index (χ1v) is 12.7. The number of amides is 1. The van der Waals surface area contributed by atoms with Crippen LogP contribution in [0.2, 0.25) is 5.02 Å². The average Bonchev–Trinajstić information content (AvgIpc) is 3.75. The summed E-state index contributed by atoms with van der Waals surface area (Å²) in [5.41, 5.74) is 2.43. The SMILES string of the molecule is O=C(N1CCc2nc(C3(c4cncc(-c5ccccc5)c4)CC3)[nH]c(=O)c2C1)C(F)(F)c1cccc(Cl)c1. The number of carbonyl (C=O) groups is 1. The molecule has 6 nitrogen and oxygen atoms in total. The van der Waals surface area contributed by atoms with Crippen molar-refractivity contribution in [2.24, 2.45) is 0 Å². The molecule has 1 N–H and O–H groups in total. The van der Waals surface area contributed by atoms with Gasteiger partial charge in [-0.15, -0.1) is 0 Å². The Balaban J connectivity index is 1.28. The summed E-state index contributed by atoms with van der Waals surface area (Å²) in [5, 5.41) is 0.116. The van der Waals surface area contributed by atoms with E-state index in [9.17, 15) is 9.59 Å². The van der Waals surface area contributed by atoms with Gasteiger partial charge in [0.15, 0.2) is 0 Å². The first-order valence-electron chi connectivity index (χ1n) is 12.3. The number of fused-ring (bicyclic) bond motifs is 1. The maximum Gasteiger partial charge on any atom is 0.350 e. The van der Waals surface area contributed by atoms with Gasteiger partial charge in [-0.1, -0.05) is 54.1 Å². The van der Waals surface area contributed by atoms with E-state index >= 15 is 8.78 Å². The number of H-pyrrole nitrogens is 1. The molecule has 3 heterocycles. The maximum atomic E-state index is 15.0. The van der Waals surface area contributed by atoms with E-state index in [4.69, 9.17) is 16.6 Å². The lowest BCUT2D eigenvalue weighted by Gasteiger charge is -2.31. The predicted octanol–water partition coefficient (Wildman–Crippen LogP) is 5.24. The zero-order valence-electron chi connectivity index (χ0n) is 20.3. The molecule has 0 radical (unpaired) electrons. The van der Waals surface area contributed by atoms with Gasteiger partial charge in [-0.25, -0.2) is 4.98 Å². The molecule has 1 aliphatic heterocycles. The van der Waals surface area contributed by atoms with E-state index < -0.39 is 28.4 Å². The molecule has 0 atom stereocenters. The van der Waals surface area contributed by atoms with Crippen molar-refractivity contribution >= 4 is 17.5 Å². The fourth-order valence-electron chi connectivity index (χ4n) is 5.11. The van der Waals surface area contributed by atoms with Gasteiger partial charge in [0, 0.05) is 41.5 Å². The summed E-state index contributed by atoms with van der Waals surface area (Å²) in [6.45, 7) is -0.194. The molecule has 1 aliphatic carbocycles. The molecule has 38 heavy (non-hydrogen) atoms. The van der Waals surface area contributed by atoms with Gasteiger partial charge in [-0.05, 0) is 42.2 Å². The third-order valence-corrected chi connectivity index (χ3v) is 7.65. The predicted molar refractivity (Wildman–Crippen MR) is 139 cm³/mol. The number of hydrogen-bond donors (Lipinski definition) is 1. The average molecular weight is 533 g/mol. The Bertz CT molecular complexity index is 1600. The summed E-state index contributed by atoms with van der Waals surface area (Å²) >= 11 is 5.85. The molecule has 1 fully saturated rings. The van der Waals surface area contributed by atoms with Crippen molar-refractivity contribution in [3.05, 3.63) is 117 Å². The lowest BCUT2D eigenvalue weighted by molar-refractivity contribution is -0.160. The van der Waals surface area contributed by atoms with Gasteiger partial charge in [0.25, 0.3) is 11.5 Å². The highest BCUT2D eigenvalue weighted by Crippen LogP contribution is 2.52. The number of aromatic amines is 1. The van der Waals surface area contributed by atoms with Crippen LogP contribution in [-0.4, -0.2) is 32.3 Å². The normalized spacial score (nSPS) is 16.1. The van der Waals surface area contributed by atoms with Crippen LogP contribution in [0, 0.1) is 0 Å². The van der Waals surface area contributed by atoms with Crippen molar-refractivity contribution in [1.82, 2.24) is 19.9 Å². The summed E-state index contributed by atoms with van der Waals surface area (Å²) in [6.07, 6.45) is 5.44. The molecule has 2 aromatic carbocycles. The van der Waals surface area contributed by atoms with Crippen LogP contribution in [0.1, 0.15) is 41.1 Å². The summed E-state index contributed by atoms with van der Waals surface area (Å²) in [5.74, 6) is -4.58. The zero-order valence-corrected chi connectivity index (χ0v) is 21.0. The number of carbonyl (C=O) groups excluding carboxylic acids is 1. The Morgan fingerprint density at radius 1 is 1.03 bits per heavy atom. The maximum absolute atomic E-state index is 15.0. The van der Waals surface area contributed by atoms with E-state index in [1.54, 1.807) is 6.20 Å². The molecule has 0 saturated heterocycles. The zero-order chi connectivity index (χ0) is 26.5. The number of benzene rings is 2. The Labute approximate surface area is 222 Å². The molecule has 2 aromatic heterocycles. The minimum Gasteiger partial charge on any atom is -0.332 e. The minimum atomic E-state index is -3.77. The van der Waals surface area contributed by atoms with E-state index in [0.29, 0.717) is 11.5 Å². The molecule has 0 bridgehead atoms. The van der Waals surface area contributed by atoms with E-state index in [1.165, 1.54) is 18.2 Å². The monoisotopic (exact) mass is 532 g/mol. The lowest BCUT2D eigenvalue weighted by Crippen LogP contribution is -2.46. The van der Waals surface area contributed by atoms with Crippen molar-refractivity contribution < 1.29 is 13.6 Å². The number of aromatic nitrogens is 3. The first kappa shape index (κ1) is 24.4. The van der Waals surface area contributed by atoms with Gasteiger partial charge in [0.1, 0.15) is 5.82 Å². The van der Waals surface area contributed by atoms with Crippen LogP contribution < -0.4 is 5.56 Å². The highest BCUT2D eigenvalue weighted by Gasteiger charge is 2.50. The highest BCUT2D eigenvalue weighted by molar-refractivity contribution is 6.30. The van der Waals surface area contributed by atoms with Crippen LogP contribution in [0.4, 0.5) is 8.78 Å². The van der Waals surface area contributed by atoms with Crippen LogP contribution in [0.3, 0.4) is 0 Å². The molecule has 1 saturated carbocycles. The molecule has 4 aromatic rings. The fraction of sp³-hybridized carbons (Fsp3) is 0.241. The lowest BCUT2D eigenvalue weighted by atomic mass is 9.93. The number of nitrogens with one attached hydrogen (secondary N) is 1. The second-order valence-corrected chi connectivity index (χ2v) is 10.2. The van der Waals surface area contributed by atoms with Crippen LogP contribution >= 0.6 is 11.6 Å². The van der Waals surface area contributed by atoms with Crippen molar-refractivity contribution in [2.75, 3.05) is 6.54 Å².